The molecular formula is C27H39N9O. The number of hydrogen-bond acceptors (Lipinski definition) is 7. The lowest BCUT2D eigenvalue weighted by Gasteiger charge is -2.37. The lowest BCUT2D eigenvalue weighted by Crippen LogP contribution is -2.54. The quantitative estimate of drug-likeness (QED) is 0.429. The van der Waals surface area contributed by atoms with E-state index >= 15 is 0 Å². The van der Waals surface area contributed by atoms with Crippen LogP contribution in [0.5, 0.6) is 0 Å². The van der Waals surface area contributed by atoms with E-state index in [9.17, 15) is 4.79 Å². The van der Waals surface area contributed by atoms with Gasteiger partial charge in [0.05, 0.1) is 0 Å². The summed E-state index contributed by atoms with van der Waals surface area (Å²) < 4.78 is 1.83. The average molecular weight is 506 g/mol. The highest BCUT2D eigenvalue weighted by atomic mass is 16.2. The second kappa shape index (κ2) is 9.63. The number of anilines is 3. The molecule has 2 saturated heterocycles. The summed E-state index contributed by atoms with van der Waals surface area (Å²) in [7, 11) is 0. The van der Waals surface area contributed by atoms with Crippen LogP contribution in [-0.4, -0.2) is 73.4 Å². The normalized spacial score (nSPS) is 24.4. The van der Waals surface area contributed by atoms with Crippen LogP contribution in [-0.2, 0) is 10.2 Å². The molecule has 3 atom stereocenters. The van der Waals surface area contributed by atoms with Gasteiger partial charge in [-0.05, 0) is 70.5 Å². The molecule has 3 N–H and O–H groups in total. The Morgan fingerprint density at radius 1 is 1.27 bits per heavy atom. The van der Waals surface area contributed by atoms with Crippen LogP contribution >= 0.6 is 0 Å². The Balaban J connectivity index is 1.20. The second-order valence-electron chi connectivity index (χ2n) is 11.4. The Kier molecular flexibility index (Phi) is 6.30. The Bertz CT molecular complexity index is 1260. The fraction of sp³-hybridized carbons (Fsp3) is 0.630. The van der Waals surface area contributed by atoms with Crippen LogP contribution in [0.1, 0.15) is 71.4 Å². The van der Waals surface area contributed by atoms with Crippen LogP contribution in [0.3, 0.4) is 0 Å². The number of fused-ring (bicyclic) bond motifs is 1. The van der Waals surface area contributed by atoms with Crippen molar-refractivity contribution in [2.24, 2.45) is 0 Å². The SMILES string of the molecule is CCC(C)N1CCC[C@@H](NC(=O)[C@@H]2CCCN2c2nc(Nc3cc(C4(C)CC4)[nH]n3)c3cccn3n2)C1. The van der Waals surface area contributed by atoms with Gasteiger partial charge in [-0.25, -0.2) is 4.52 Å². The smallest absolute Gasteiger partial charge is 0.246 e. The van der Waals surface area contributed by atoms with Crippen molar-refractivity contribution in [1.82, 2.24) is 35.0 Å². The number of rotatable bonds is 8. The Morgan fingerprint density at radius 3 is 2.92 bits per heavy atom. The molecule has 1 amide bonds. The van der Waals surface area contributed by atoms with Crippen molar-refractivity contribution >= 4 is 29.0 Å². The van der Waals surface area contributed by atoms with Crippen molar-refractivity contribution in [2.75, 3.05) is 29.9 Å². The summed E-state index contributed by atoms with van der Waals surface area (Å²) in [6, 6.07) is 6.51. The molecule has 37 heavy (non-hydrogen) atoms. The van der Waals surface area contributed by atoms with Gasteiger partial charge >= 0.3 is 0 Å². The molecule has 5 heterocycles. The molecule has 6 rings (SSSR count). The van der Waals surface area contributed by atoms with Gasteiger partial charge < -0.3 is 15.5 Å². The highest BCUT2D eigenvalue weighted by Gasteiger charge is 2.41. The molecule has 2 aliphatic heterocycles. The molecule has 1 unspecified atom stereocenters. The molecule has 3 aliphatic rings. The van der Waals surface area contributed by atoms with Crippen molar-refractivity contribution in [3.8, 4) is 0 Å². The summed E-state index contributed by atoms with van der Waals surface area (Å²) in [5, 5.41) is 19.2. The fourth-order valence-electron chi connectivity index (χ4n) is 5.77. The van der Waals surface area contributed by atoms with E-state index in [4.69, 9.17) is 10.1 Å². The number of aromatic amines is 1. The minimum atomic E-state index is -0.258. The van der Waals surface area contributed by atoms with Crippen LogP contribution in [0.25, 0.3) is 5.52 Å². The molecule has 10 heteroatoms. The van der Waals surface area contributed by atoms with Crippen LogP contribution < -0.4 is 15.5 Å². The zero-order chi connectivity index (χ0) is 25.6. The average Bonchev–Trinajstić information content (AvgIpc) is 3.35. The molecular weight excluding hydrogens is 466 g/mol. The number of nitrogens with zero attached hydrogens (tertiary/aromatic N) is 6. The second-order valence-corrected chi connectivity index (χ2v) is 11.4. The molecule has 3 fully saturated rings. The first-order chi connectivity index (χ1) is 17.9. The van der Waals surface area contributed by atoms with Gasteiger partial charge in [-0.2, -0.15) is 10.1 Å². The maximum Gasteiger partial charge on any atom is 0.246 e. The van der Waals surface area contributed by atoms with E-state index < -0.39 is 0 Å². The summed E-state index contributed by atoms with van der Waals surface area (Å²) >= 11 is 0. The van der Waals surface area contributed by atoms with E-state index in [2.05, 4.69) is 57.5 Å². The van der Waals surface area contributed by atoms with Crippen molar-refractivity contribution in [3.05, 3.63) is 30.1 Å². The standard InChI is InChI=1S/C27H39N9O/c1-4-18(2)34-13-5-8-19(17-34)28-25(37)21-10-6-14-35(21)26-30-24(20-9-7-15-36(20)33-26)29-23-16-22(31-32-23)27(3)11-12-27/h7,9,15-16,18-19,21H,4-6,8,10-14,17H2,1-3H3,(H,28,37)(H2,29,30,31,32,33)/t18?,19-,21+/m1/s1. The topological polar surface area (TPSA) is 106 Å². The van der Waals surface area contributed by atoms with Gasteiger partial charge in [-0.3, -0.25) is 14.8 Å². The van der Waals surface area contributed by atoms with E-state index in [0.717, 1.165) is 68.8 Å². The van der Waals surface area contributed by atoms with Gasteiger partial charge in [-0.1, -0.05) is 13.8 Å². The molecule has 3 aromatic rings. The maximum atomic E-state index is 13.5. The first kappa shape index (κ1) is 24.2. The molecule has 198 valence electrons. The summed E-state index contributed by atoms with van der Waals surface area (Å²) in [6.07, 6.45) is 9.34. The molecule has 1 saturated carbocycles. The number of piperidine rings is 1. The monoisotopic (exact) mass is 505 g/mol. The minimum absolute atomic E-state index is 0.0915. The molecule has 10 nitrogen and oxygen atoms in total. The number of likely N-dealkylation sites (tertiary alicyclic amines) is 1. The van der Waals surface area contributed by atoms with Crippen molar-refractivity contribution < 1.29 is 4.79 Å². The van der Waals surface area contributed by atoms with Crippen molar-refractivity contribution in [1.29, 1.82) is 0 Å². The van der Waals surface area contributed by atoms with E-state index in [1.807, 2.05) is 22.8 Å². The lowest BCUT2D eigenvalue weighted by molar-refractivity contribution is -0.123. The lowest BCUT2D eigenvalue weighted by atomic mass is 10.0. The predicted molar refractivity (Wildman–Crippen MR) is 144 cm³/mol. The Hall–Kier alpha value is -3.14. The molecule has 0 radical (unpaired) electrons. The van der Waals surface area contributed by atoms with Crippen LogP contribution in [0.15, 0.2) is 24.4 Å². The van der Waals surface area contributed by atoms with E-state index in [1.165, 1.54) is 12.8 Å². The molecule has 3 aromatic heterocycles. The Labute approximate surface area is 218 Å². The highest BCUT2D eigenvalue weighted by Crippen LogP contribution is 2.47. The zero-order valence-corrected chi connectivity index (χ0v) is 22.2. The summed E-state index contributed by atoms with van der Waals surface area (Å²) in [5.41, 5.74) is 2.24. The minimum Gasteiger partial charge on any atom is -0.350 e. The third kappa shape index (κ3) is 4.79. The number of carbonyl (C=O) groups is 1. The van der Waals surface area contributed by atoms with Crippen molar-refractivity contribution in [3.63, 3.8) is 0 Å². The van der Waals surface area contributed by atoms with Crippen LogP contribution in [0.4, 0.5) is 17.6 Å². The molecule has 1 aliphatic carbocycles. The number of amides is 1. The number of H-pyrrole nitrogens is 1. The summed E-state index contributed by atoms with van der Waals surface area (Å²) in [6.45, 7) is 9.57. The maximum absolute atomic E-state index is 13.5. The predicted octanol–water partition coefficient (Wildman–Crippen LogP) is 3.60. The van der Waals surface area contributed by atoms with Crippen LogP contribution in [0.2, 0.25) is 0 Å². The largest absolute Gasteiger partial charge is 0.350 e. The van der Waals surface area contributed by atoms with Crippen molar-refractivity contribution in [2.45, 2.75) is 89.3 Å². The van der Waals surface area contributed by atoms with E-state index in [-0.39, 0.29) is 23.4 Å². The molecule has 0 bridgehead atoms. The summed E-state index contributed by atoms with van der Waals surface area (Å²) in [5.74, 6) is 2.10. The third-order valence-corrected chi connectivity index (χ3v) is 8.68. The van der Waals surface area contributed by atoms with Gasteiger partial charge in [0.15, 0.2) is 11.6 Å². The van der Waals surface area contributed by atoms with Gasteiger partial charge in [0.1, 0.15) is 11.6 Å². The molecule has 0 spiro atoms. The van der Waals surface area contributed by atoms with E-state index in [0.29, 0.717) is 17.8 Å². The molecule has 0 aromatic carbocycles. The van der Waals surface area contributed by atoms with Crippen LogP contribution in [0, 0.1) is 0 Å². The first-order valence-corrected chi connectivity index (χ1v) is 13.9. The summed E-state index contributed by atoms with van der Waals surface area (Å²) in [4.78, 5) is 22.9. The van der Waals surface area contributed by atoms with Gasteiger partial charge in [0.25, 0.3) is 0 Å². The van der Waals surface area contributed by atoms with Gasteiger partial charge in [0.2, 0.25) is 11.9 Å². The number of aromatic nitrogens is 5. The third-order valence-electron chi connectivity index (χ3n) is 8.68. The van der Waals surface area contributed by atoms with Gasteiger partial charge in [0, 0.05) is 48.5 Å². The van der Waals surface area contributed by atoms with Gasteiger partial charge in [-0.15, -0.1) is 5.10 Å². The number of carbonyl (C=O) groups excluding carboxylic acids is 1. The Morgan fingerprint density at radius 2 is 2.11 bits per heavy atom. The van der Waals surface area contributed by atoms with E-state index in [1.54, 1.807) is 0 Å². The number of nitrogens with one attached hydrogen (secondary N) is 3. The zero-order valence-electron chi connectivity index (χ0n) is 22.2. The number of hydrogen-bond donors (Lipinski definition) is 3. The first-order valence-electron chi connectivity index (χ1n) is 13.9. The highest BCUT2D eigenvalue weighted by molar-refractivity contribution is 5.86. The fourth-order valence-corrected chi connectivity index (χ4v) is 5.77.